The highest BCUT2D eigenvalue weighted by atomic mass is 19.4. The fourth-order valence-corrected chi connectivity index (χ4v) is 4.49. The monoisotopic (exact) mass is 558 g/mol. The summed E-state index contributed by atoms with van der Waals surface area (Å²) in [4.78, 5) is 27.4. The standard InChI is InChI=1S/C28H33F3N6O3/c1-19-9-10-23-25(15-19)40-14-6-13-37-18-22(34-35-37)17-36(12-5-11-32-26(38)20(2)33-27(23)39)16-21-7-3-4-8-24(21)28(29,30)31/h3-4,7-10,15,18,20H,5-6,11-14,16-17H2,1-2H3,(H,32,38)(H,33,39)/t20-/m1/s1. The Kier molecular flexibility index (Phi) is 9.41. The van der Waals surface area contributed by atoms with Crippen LogP contribution < -0.4 is 15.4 Å². The van der Waals surface area contributed by atoms with Crippen molar-refractivity contribution in [1.82, 2.24) is 30.5 Å². The molecule has 0 saturated heterocycles. The van der Waals surface area contributed by atoms with E-state index in [0.29, 0.717) is 49.5 Å². The van der Waals surface area contributed by atoms with E-state index in [4.69, 9.17) is 4.74 Å². The number of aryl methyl sites for hydroxylation is 2. The van der Waals surface area contributed by atoms with Crippen molar-refractivity contribution in [2.75, 3.05) is 19.7 Å². The maximum absolute atomic E-state index is 13.6. The number of halogens is 3. The second kappa shape index (κ2) is 12.9. The maximum atomic E-state index is 13.6. The number of benzene rings is 2. The van der Waals surface area contributed by atoms with Crippen molar-refractivity contribution >= 4 is 11.8 Å². The molecule has 2 N–H and O–H groups in total. The zero-order valence-corrected chi connectivity index (χ0v) is 22.5. The number of carbonyl (C=O) groups excluding carboxylic acids is 2. The molecule has 2 amide bonds. The first-order valence-electron chi connectivity index (χ1n) is 13.2. The van der Waals surface area contributed by atoms with Crippen molar-refractivity contribution in [1.29, 1.82) is 0 Å². The van der Waals surface area contributed by atoms with Gasteiger partial charge in [-0.3, -0.25) is 19.2 Å². The molecule has 9 nitrogen and oxygen atoms in total. The van der Waals surface area contributed by atoms with Crippen molar-refractivity contribution in [3.05, 3.63) is 76.6 Å². The lowest BCUT2D eigenvalue weighted by molar-refractivity contribution is -0.138. The third-order valence-corrected chi connectivity index (χ3v) is 6.55. The minimum Gasteiger partial charge on any atom is -0.493 e. The highest BCUT2D eigenvalue weighted by Gasteiger charge is 2.33. The first-order chi connectivity index (χ1) is 19.1. The molecule has 0 aliphatic carbocycles. The average molecular weight is 559 g/mol. The summed E-state index contributed by atoms with van der Waals surface area (Å²) in [6, 6.07) is 9.96. The Morgan fingerprint density at radius 1 is 1.10 bits per heavy atom. The summed E-state index contributed by atoms with van der Waals surface area (Å²) >= 11 is 0. The van der Waals surface area contributed by atoms with Crippen molar-refractivity contribution in [3.8, 4) is 5.75 Å². The molecule has 2 bridgehead atoms. The van der Waals surface area contributed by atoms with E-state index < -0.39 is 23.7 Å². The summed E-state index contributed by atoms with van der Waals surface area (Å²) in [5.41, 5.74) is 1.37. The number of carbonyl (C=O) groups is 2. The molecule has 2 heterocycles. The lowest BCUT2D eigenvalue weighted by Gasteiger charge is -2.23. The van der Waals surface area contributed by atoms with Crippen LogP contribution in [0.2, 0.25) is 0 Å². The van der Waals surface area contributed by atoms with Crippen molar-refractivity contribution in [3.63, 3.8) is 0 Å². The van der Waals surface area contributed by atoms with Gasteiger partial charge in [0.1, 0.15) is 11.8 Å². The van der Waals surface area contributed by atoms with Crippen molar-refractivity contribution < 1.29 is 27.5 Å². The molecule has 12 heteroatoms. The minimum absolute atomic E-state index is 0.0501. The smallest absolute Gasteiger partial charge is 0.416 e. The van der Waals surface area contributed by atoms with Crippen molar-refractivity contribution in [2.24, 2.45) is 0 Å². The van der Waals surface area contributed by atoms with Gasteiger partial charge in [-0.15, -0.1) is 5.10 Å². The Hall–Kier alpha value is -3.93. The first-order valence-corrected chi connectivity index (χ1v) is 13.2. The second-order valence-electron chi connectivity index (χ2n) is 9.88. The number of hydrogen-bond donors (Lipinski definition) is 2. The Balaban J connectivity index is 1.52. The third kappa shape index (κ3) is 7.81. The predicted molar refractivity (Wildman–Crippen MR) is 141 cm³/mol. The first kappa shape index (κ1) is 29.1. The normalized spacial score (nSPS) is 18.4. The van der Waals surface area contributed by atoms with Gasteiger partial charge in [-0.1, -0.05) is 29.5 Å². The van der Waals surface area contributed by atoms with Crippen LogP contribution in [-0.4, -0.2) is 57.4 Å². The van der Waals surface area contributed by atoms with E-state index in [1.807, 2.05) is 11.8 Å². The molecule has 0 spiro atoms. The fourth-order valence-electron chi connectivity index (χ4n) is 4.49. The summed E-state index contributed by atoms with van der Waals surface area (Å²) in [7, 11) is 0. The van der Waals surface area contributed by atoms with Crippen LogP contribution in [-0.2, 0) is 30.6 Å². The molecule has 1 atom stereocenters. The summed E-state index contributed by atoms with van der Waals surface area (Å²) < 4.78 is 48.4. The van der Waals surface area contributed by atoms with Gasteiger partial charge in [0.15, 0.2) is 0 Å². The quantitative estimate of drug-likeness (QED) is 0.498. The van der Waals surface area contributed by atoms with E-state index in [2.05, 4.69) is 20.9 Å². The lowest BCUT2D eigenvalue weighted by atomic mass is 10.1. The highest BCUT2D eigenvalue weighted by Crippen LogP contribution is 2.32. The number of amides is 2. The Morgan fingerprint density at radius 3 is 2.70 bits per heavy atom. The molecule has 0 fully saturated rings. The summed E-state index contributed by atoms with van der Waals surface area (Å²) in [5, 5.41) is 13.9. The third-order valence-electron chi connectivity index (χ3n) is 6.55. The van der Waals surface area contributed by atoms with Gasteiger partial charge in [0.2, 0.25) is 5.91 Å². The molecule has 3 aromatic rings. The minimum atomic E-state index is -4.47. The Morgan fingerprint density at radius 2 is 1.90 bits per heavy atom. The van der Waals surface area contributed by atoms with Crippen LogP contribution in [0, 0.1) is 6.92 Å². The molecular weight excluding hydrogens is 525 g/mol. The molecule has 40 heavy (non-hydrogen) atoms. The average Bonchev–Trinajstić information content (AvgIpc) is 3.35. The number of ether oxygens (including phenoxy) is 1. The van der Waals surface area contributed by atoms with E-state index in [1.54, 1.807) is 42.1 Å². The molecular formula is C28H33F3N6O3. The zero-order chi connectivity index (χ0) is 28.7. The maximum Gasteiger partial charge on any atom is 0.416 e. The van der Waals surface area contributed by atoms with E-state index in [0.717, 1.165) is 11.6 Å². The molecule has 1 aliphatic rings. The van der Waals surface area contributed by atoms with Gasteiger partial charge in [0, 0.05) is 45.3 Å². The van der Waals surface area contributed by atoms with Gasteiger partial charge in [-0.05, 0) is 49.6 Å². The fraction of sp³-hybridized carbons (Fsp3) is 0.429. The molecule has 2 aromatic carbocycles. The van der Waals surface area contributed by atoms with Crippen LogP contribution >= 0.6 is 0 Å². The molecule has 0 saturated carbocycles. The van der Waals surface area contributed by atoms with Crippen LogP contribution in [0.1, 0.15) is 52.5 Å². The molecule has 1 aromatic heterocycles. The Bertz CT molecular complexity index is 1330. The summed E-state index contributed by atoms with van der Waals surface area (Å²) in [5.74, 6) is -0.360. The van der Waals surface area contributed by atoms with E-state index in [9.17, 15) is 22.8 Å². The topological polar surface area (TPSA) is 101 Å². The number of rotatable bonds is 2. The SMILES string of the molecule is Cc1ccc2c(c1)OCCCn1cc(nn1)CN(Cc1ccccc1C(F)(F)F)CCCNC(=O)[C@@H](C)NC2=O. The van der Waals surface area contributed by atoms with Crippen molar-refractivity contribution in [2.45, 2.75) is 58.5 Å². The van der Waals surface area contributed by atoms with Gasteiger partial charge in [0.25, 0.3) is 5.91 Å². The molecule has 4 rings (SSSR count). The van der Waals surface area contributed by atoms with E-state index >= 15 is 0 Å². The number of nitrogens with zero attached hydrogens (tertiary/aromatic N) is 4. The van der Waals surface area contributed by atoms with E-state index in [-0.39, 0.29) is 31.1 Å². The van der Waals surface area contributed by atoms with Gasteiger partial charge in [0.05, 0.1) is 23.4 Å². The van der Waals surface area contributed by atoms with Gasteiger partial charge < -0.3 is 15.4 Å². The summed E-state index contributed by atoms with van der Waals surface area (Å²) in [6.45, 7) is 5.33. The number of alkyl halides is 3. The van der Waals surface area contributed by atoms with Crippen LogP contribution in [0.25, 0.3) is 0 Å². The molecule has 1 aliphatic heterocycles. The van der Waals surface area contributed by atoms with Gasteiger partial charge in [-0.25, -0.2) is 0 Å². The molecule has 0 radical (unpaired) electrons. The summed E-state index contributed by atoms with van der Waals surface area (Å²) in [6.07, 6.45) is -1.64. The number of fused-ring (bicyclic) bond motifs is 3. The lowest BCUT2D eigenvalue weighted by Crippen LogP contribution is -2.45. The van der Waals surface area contributed by atoms with Crippen LogP contribution in [0.3, 0.4) is 0 Å². The number of hydrogen-bond acceptors (Lipinski definition) is 6. The van der Waals surface area contributed by atoms with E-state index in [1.165, 1.54) is 12.1 Å². The molecule has 0 unspecified atom stereocenters. The van der Waals surface area contributed by atoms with Crippen LogP contribution in [0.15, 0.2) is 48.7 Å². The predicted octanol–water partition coefficient (Wildman–Crippen LogP) is 3.71. The number of nitrogens with one attached hydrogen (secondary N) is 2. The number of aromatic nitrogens is 3. The molecule has 214 valence electrons. The van der Waals surface area contributed by atoms with Gasteiger partial charge >= 0.3 is 6.18 Å². The highest BCUT2D eigenvalue weighted by molar-refractivity contribution is 5.99. The Labute approximate surface area is 230 Å². The van der Waals surface area contributed by atoms with Gasteiger partial charge in [-0.2, -0.15) is 13.2 Å². The van der Waals surface area contributed by atoms with Crippen LogP contribution in [0.4, 0.5) is 13.2 Å². The largest absolute Gasteiger partial charge is 0.493 e. The zero-order valence-electron chi connectivity index (χ0n) is 22.5. The van der Waals surface area contributed by atoms with Crippen LogP contribution in [0.5, 0.6) is 5.75 Å². The second-order valence-corrected chi connectivity index (χ2v) is 9.88.